The fourth-order valence-electron chi connectivity index (χ4n) is 1.91. The van der Waals surface area contributed by atoms with Crippen LogP contribution in [0.3, 0.4) is 0 Å². The Hall–Kier alpha value is -2.40. The molecule has 0 aliphatic carbocycles. The lowest BCUT2D eigenvalue weighted by atomic mass is 10.2. The Morgan fingerprint density at radius 1 is 1.13 bits per heavy atom. The first-order chi connectivity index (χ1) is 11.3. The van der Waals surface area contributed by atoms with E-state index in [-0.39, 0.29) is 0 Å². The summed E-state index contributed by atoms with van der Waals surface area (Å²) in [5.41, 5.74) is 4.90. The van der Waals surface area contributed by atoms with E-state index in [0.717, 1.165) is 17.7 Å². The van der Waals surface area contributed by atoms with Crippen LogP contribution in [0, 0.1) is 0 Å². The molecule has 0 bridgehead atoms. The molecule has 23 heavy (non-hydrogen) atoms. The first-order valence-corrected chi connectivity index (χ1v) is 8.03. The maximum Gasteiger partial charge on any atom is 0.187 e. The maximum absolute atomic E-state index is 5.68. The van der Waals surface area contributed by atoms with Gasteiger partial charge in [-0.2, -0.15) is 5.10 Å². The lowest BCUT2D eigenvalue weighted by molar-refractivity contribution is 0.317. The van der Waals surface area contributed by atoms with E-state index in [9.17, 15) is 0 Å². The molecule has 0 aromatic heterocycles. The molecule has 2 rings (SSSR count). The van der Waals surface area contributed by atoms with Gasteiger partial charge in [0.15, 0.2) is 5.11 Å². The Kier molecular flexibility index (Phi) is 7.07. The summed E-state index contributed by atoms with van der Waals surface area (Å²) in [4.78, 5) is 0. The highest BCUT2D eigenvalue weighted by atomic mass is 32.1. The van der Waals surface area contributed by atoms with Crippen molar-refractivity contribution in [1.82, 2.24) is 10.7 Å². The van der Waals surface area contributed by atoms with Gasteiger partial charge in [0, 0.05) is 12.1 Å². The molecule has 5 heteroatoms. The van der Waals surface area contributed by atoms with Crippen molar-refractivity contribution in [3.8, 4) is 5.75 Å². The van der Waals surface area contributed by atoms with Crippen molar-refractivity contribution in [3.63, 3.8) is 0 Å². The number of nitrogens with zero attached hydrogens (tertiary/aromatic N) is 1. The lowest BCUT2D eigenvalue weighted by Gasteiger charge is -2.08. The molecule has 0 aliphatic heterocycles. The Morgan fingerprint density at radius 2 is 1.87 bits per heavy atom. The van der Waals surface area contributed by atoms with Crippen molar-refractivity contribution in [1.29, 1.82) is 0 Å². The molecule has 2 aromatic carbocycles. The van der Waals surface area contributed by atoms with Crippen LogP contribution in [0.2, 0.25) is 0 Å². The fourth-order valence-corrected chi connectivity index (χ4v) is 2.03. The van der Waals surface area contributed by atoms with E-state index in [2.05, 4.69) is 22.8 Å². The van der Waals surface area contributed by atoms with Gasteiger partial charge in [-0.3, -0.25) is 5.43 Å². The third-order valence-corrected chi connectivity index (χ3v) is 3.28. The summed E-state index contributed by atoms with van der Waals surface area (Å²) in [6, 6.07) is 17.9. The van der Waals surface area contributed by atoms with Crippen molar-refractivity contribution in [3.05, 3.63) is 65.7 Å². The average molecular weight is 327 g/mol. The average Bonchev–Trinajstić information content (AvgIpc) is 2.60. The van der Waals surface area contributed by atoms with Crippen LogP contribution >= 0.6 is 12.2 Å². The third-order valence-electron chi connectivity index (χ3n) is 3.05. The molecule has 0 amide bonds. The van der Waals surface area contributed by atoms with Gasteiger partial charge in [-0.05, 0) is 36.3 Å². The van der Waals surface area contributed by atoms with E-state index in [1.165, 1.54) is 5.56 Å². The molecular weight excluding hydrogens is 306 g/mol. The van der Waals surface area contributed by atoms with Gasteiger partial charge in [-0.25, -0.2) is 0 Å². The SMILES string of the molecule is CCCOc1ccccc1/C=N/NC(=S)NCc1ccccc1. The van der Waals surface area contributed by atoms with Gasteiger partial charge in [-0.1, -0.05) is 49.4 Å². The molecule has 2 aromatic rings. The standard InChI is InChI=1S/C18H21N3OS/c1-2-12-22-17-11-7-6-10-16(17)14-20-21-18(23)19-13-15-8-4-3-5-9-15/h3-11,14H,2,12-13H2,1H3,(H2,19,21,23)/b20-14+. The summed E-state index contributed by atoms with van der Waals surface area (Å²) in [5, 5.41) is 7.76. The van der Waals surface area contributed by atoms with Gasteiger partial charge in [0.05, 0.1) is 12.8 Å². The minimum Gasteiger partial charge on any atom is -0.493 e. The van der Waals surface area contributed by atoms with E-state index >= 15 is 0 Å². The number of ether oxygens (including phenoxy) is 1. The van der Waals surface area contributed by atoms with Crippen molar-refractivity contribution >= 4 is 23.5 Å². The Morgan fingerprint density at radius 3 is 2.65 bits per heavy atom. The summed E-state index contributed by atoms with van der Waals surface area (Å²) in [5.74, 6) is 0.822. The summed E-state index contributed by atoms with van der Waals surface area (Å²) < 4.78 is 5.68. The maximum atomic E-state index is 5.68. The summed E-state index contributed by atoms with van der Waals surface area (Å²) in [6.07, 6.45) is 2.68. The van der Waals surface area contributed by atoms with Crippen LogP contribution in [0.25, 0.3) is 0 Å². The van der Waals surface area contributed by atoms with E-state index in [4.69, 9.17) is 17.0 Å². The molecule has 120 valence electrons. The van der Waals surface area contributed by atoms with Crippen LogP contribution in [0.1, 0.15) is 24.5 Å². The van der Waals surface area contributed by atoms with Gasteiger partial charge in [0.1, 0.15) is 5.75 Å². The highest BCUT2D eigenvalue weighted by Gasteiger charge is 2.00. The van der Waals surface area contributed by atoms with Crippen molar-refractivity contribution < 1.29 is 4.74 Å². The minimum atomic E-state index is 0.483. The molecule has 0 aliphatic rings. The van der Waals surface area contributed by atoms with E-state index in [1.807, 2.05) is 54.6 Å². The van der Waals surface area contributed by atoms with E-state index < -0.39 is 0 Å². The highest BCUT2D eigenvalue weighted by molar-refractivity contribution is 7.80. The van der Waals surface area contributed by atoms with E-state index in [1.54, 1.807) is 6.21 Å². The second-order valence-corrected chi connectivity index (χ2v) is 5.33. The normalized spacial score (nSPS) is 10.5. The molecular formula is C18H21N3OS. The van der Waals surface area contributed by atoms with E-state index in [0.29, 0.717) is 18.3 Å². The second-order valence-electron chi connectivity index (χ2n) is 4.92. The predicted octanol–water partition coefficient (Wildman–Crippen LogP) is 3.47. The number of hydrazone groups is 1. The van der Waals surface area contributed by atoms with Crippen LogP contribution < -0.4 is 15.5 Å². The Balaban J connectivity index is 1.83. The highest BCUT2D eigenvalue weighted by Crippen LogP contribution is 2.15. The Bertz CT molecular complexity index is 644. The third kappa shape index (κ3) is 6.08. The van der Waals surface area contributed by atoms with Gasteiger partial charge in [0.2, 0.25) is 0 Å². The molecule has 0 spiro atoms. The first-order valence-electron chi connectivity index (χ1n) is 7.62. The number of thiocarbonyl (C=S) groups is 1. The van der Waals surface area contributed by atoms with Gasteiger partial charge in [0.25, 0.3) is 0 Å². The number of hydrogen-bond donors (Lipinski definition) is 2. The fraction of sp³-hybridized carbons (Fsp3) is 0.222. The minimum absolute atomic E-state index is 0.483. The van der Waals surface area contributed by atoms with Gasteiger partial charge < -0.3 is 10.1 Å². The number of benzene rings is 2. The predicted molar refractivity (Wildman–Crippen MR) is 98.8 cm³/mol. The molecule has 0 heterocycles. The quantitative estimate of drug-likeness (QED) is 0.464. The van der Waals surface area contributed by atoms with Gasteiger partial charge in [-0.15, -0.1) is 0 Å². The number of nitrogens with one attached hydrogen (secondary N) is 2. The molecule has 0 saturated carbocycles. The van der Waals surface area contributed by atoms with Crippen LogP contribution in [-0.4, -0.2) is 17.9 Å². The Labute approximate surface area is 142 Å². The zero-order valence-corrected chi connectivity index (χ0v) is 14.0. The number of hydrogen-bond acceptors (Lipinski definition) is 3. The summed E-state index contributed by atoms with van der Waals surface area (Å²) >= 11 is 5.20. The number of para-hydroxylation sites is 1. The largest absolute Gasteiger partial charge is 0.493 e. The molecule has 0 radical (unpaired) electrons. The second kappa shape index (κ2) is 9.58. The smallest absolute Gasteiger partial charge is 0.187 e. The van der Waals surface area contributed by atoms with Crippen molar-refractivity contribution in [2.75, 3.05) is 6.61 Å². The van der Waals surface area contributed by atoms with Crippen LogP contribution in [0.4, 0.5) is 0 Å². The van der Waals surface area contributed by atoms with Crippen molar-refractivity contribution in [2.24, 2.45) is 5.10 Å². The van der Waals surface area contributed by atoms with Crippen LogP contribution in [0.5, 0.6) is 5.75 Å². The van der Waals surface area contributed by atoms with Crippen molar-refractivity contribution in [2.45, 2.75) is 19.9 Å². The van der Waals surface area contributed by atoms with Gasteiger partial charge >= 0.3 is 0 Å². The zero-order valence-electron chi connectivity index (χ0n) is 13.2. The first kappa shape index (κ1) is 17.0. The monoisotopic (exact) mass is 327 g/mol. The molecule has 0 unspecified atom stereocenters. The number of rotatable bonds is 7. The summed E-state index contributed by atoms with van der Waals surface area (Å²) in [6.45, 7) is 3.43. The zero-order chi connectivity index (χ0) is 16.3. The van der Waals surface area contributed by atoms with Crippen LogP contribution in [-0.2, 0) is 6.54 Å². The lowest BCUT2D eigenvalue weighted by Crippen LogP contribution is -2.31. The molecule has 2 N–H and O–H groups in total. The molecule has 0 fully saturated rings. The molecule has 4 nitrogen and oxygen atoms in total. The molecule has 0 saturated heterocycles. The topological polar surface area (TPSA) is 45.6 Å². The summed E-state index contributed by atoms with van der Waals surface area (Å²) in [7, 11) is 0. The molecule has 0 atom stereocenters. The van der Waals surface area contributed by atoms with Crippen LogP contribution in [0.15, 0.2) is 59.7 Å².